The number of nitriles is 1. The number of aromatic nitrogens is 4. The van der Waals surface area contributed by atoms with E-state index in [2.05, 4.69) is 19.9 Å². The number of nitrogen functional groups attached to an aromatic ring is 2. The zero-order valence-corrected chi connectivity index (χ0v) is 21.7. The molecule has 0 spiro atoms. The molecule has 1 aromatic carbocycles. The number of nitrogens with zero attached hydrogens (tertiary/aromatic N) is 6. The minimum Gasteiger partial charge on any atom is -0.489 e. The van der Waals surface area contributed by atoms with Gasteiger partial charge in [0.2, 0.25) is 0 Å². The molecule has 1 aliphatic heterocycles. The SMILES string of the molecule is COc1nc2c3c(c(Cl)c(-c4ncc(F)c5sc(N)c(C#N)c45)c(F)c3n1)OCCN2Cc1cccnc1N. The van der Waals surface area contributed by atoms with E-state index >= 15 is 4.39 Å². The van der Waals surface area contributed by atoms with E-state index in [0.717, 1.165) is 23.1 Å². The van der Waals surface area contributed by atoms with Gasteiger partial charge < -0.3 is 25.8 Å². The van der Waals surface area contributed by atoms with Gasteiger partial charge >= 0.3 is 6.01 Å². The van der Waals surface area contributed by atoms with Gasteiger partial charge in [0, 0.05) is 23.7 Å². The molecule has 0 bridgehead atoms. The predicted molar refractivity (Wildman–Crippen MR) is 144 cm³/mol. The number of thiophene rings is 1. The molecule has 1 aliphatic rings. The van der Waals surface area contributed by atoms with Crippen molar-refractivity contribution in [1.29, 1.82) is 5.26 Å². The summed E-state index contributed by atoms with van der Waals surface area (Å²) >= 11 is 7.68. The topological polar surface area (TPSA) is 149 Å². The lowest BCUT2D eigenvalue weighted by Crippen LogP contribution is -2.28. The molecule has 196 valence electrons. The van der Waals surface area contributed by atoms with Crippen LogP contribution in [0, 0.1) is 23.0 Å². The summed E-state index contributed by atoms with van der Waals surface area (Å²) in [6.45, 7) is 0.780. The van der Waals surface area contributed by atoms with Gasteiger partial charge in [-0.1, -0.05) is 17.7 Å². The number of ether oxygens (including phenoxy) is 2. The van der Waals surface area contributed by atoms with E-state index < -0.39 is 11.6 Å². The average Bonchev–Trinajstić information content (AvgIpc) is 3.17. The number of anilines is 3. The molecule has 0 saturated carbocycles. The van der Waals surface area contributed by atoms with Crippen LogP contribution in [-0.2, 0) is 6.54 Å². The fraction of sp³-hybridized carbons (Fsp3) is 0.160. The van der Waals surface area contributed by atoms with Crippen molar-refractivity contribution >= 4 is 60.6 Å². The fourth-order valence-electron chi connectivity index (χ4n) is 4.59. The molecular formula is C25H17ClF2N8O2S. The van der Waals surface area contributed by atoms with Crippen LogP contribution >= 0.6 is 22.9 Å². The van der Waals surface area contributed by atoms with Crippen LogP contribution in [-0.4, -0.2) is 40.2 Å². The summed E-state index contributed by atoms with van der Waals surface area (Å²) in [4.78, 5) is 18.9. The monoisotopic (exact) mass is 566 g/mol. The fourth-order valence-corrected chi connectivity index (χ4v) is 5.84. The molecule has 39 heavy (non-hydrogen) atoms. The van der Waals surface area contributed by atoms with Gasteiger partial charge in [-0.2, -0.15) is 15.2 Å². The van der Waals surface area contributed by atoms with Crippen LogP contribution in [0.25, 0.3) is 32.2 Å². The highest BCUT2D eigenvalue weighted by atomic mass is 35.5. The third-order valence-electron chi connectivity index (χ3n) is 6.36. The highest BCUT2D eigenvalue weighted by Gasteiger charge is 2.32. The summed E-state index contributed by atoms with van der Waals surface area (Å²) in [6, 6.07) is 5.44. The van der Waals surface area contributed by atoms with Crippen molar-refractivity contribution < 1.29 is 18.3 Å². The summed E-state index contributed by atoms with van der Waals surface area (Å²) in [5.41, 5.74) is 12.3. The number of hydrogen-bond acceptors (Lipinski definition) is 11. The molecule has 0 unspecified atom stereocenters. The van der Waals surface area contributed by atoms with Crippen LogP contribution in [0.2, 0.25) is 5.02 Å². The summed E-state index contributed by atoms with van der Waals surface area (Å²) in [5.74, 6) is -0.802. The lowest BCUT2D eigenvalue weighted by molar-refractivity contribution is 0.331. The first kappa shape index (κ1) is 24.8. The van der Waals surface area contributed by atoms with Crippen LogP contribution in [0.3, 0.4) is 0 Å². The quantitative estimate of drug-likeness (QED) is 0.314. The van der Waals surface area contributed by atoms with Gasteiger partial charge in [-0.05, 0) is 6.07 Å². The van der Waals surface area contributed by atoms with Crippen LogP contribution in [0.1, 0.15) is 11.1 Å². The maximum atomic E-state index is 16.5. The molecule has 0 amide bonds. The molecule has 0 atom stereocenters. The number of halogens is 3. The molecule has 5 aromatic rings. The molecule has 0 fully saturated rings. The summed E-state index contributed by atoms with van der Waals surface area (Å²) in [7, 11) is 1.36. The van der Waals surface area contributed by atoms with Crippen molar-refractivity contribution in [2.75, 3.05) is 36.6 Å². The summed E-state index contributed by atoms with van der Waals surface area (Å²) in [6.07, 6.45) is 2.51. The molecule has 4 aromatic heterocycles. The molecule has 0 aliphatic carbocycles. The maximum absolute atomic E-state index is 16.5. The van der Waals surface area contributed by atoms with E-state index in [9.17, 15) is 9.65 Å². The van der Waals surface area contributed by atoms with Crippen molar-refractivity contribution in [3.8, 4) is 29.1 Å². The van der Waals surface area contributed by atoms with Crippen LogP contribution in [0.15, 0.2) is 24.5 Å². The normalized spacial score (nSPS) is 12.8. The van der Waals surface area contributed by atoms with Gasteiger partial charge in [0.15, 0.2) is 17.4 Å². The Morgan fingerprint density at radius 3 is 2.82 bits per heavy atom. The lowest BCUT2D eigenvalue weighted by atomic mass is 10.0. The van der Waals surface area contributed by atoms with Crippen molar-refractivity contribution in [3.63, 3.8) is 0 Å². The number of rotatable bonds is 4. The van der Waals surface area contributed by atoms with Crippen molar-refractivity contribution in [2.45, 2.75) is 6.54 Å². The van der Waals surface area contributed by atoms with E-state index in [1.807, 2.05) is 17.0 Å². The second kappa shape index (κ2) is 9.33. The number of benzene rings is 1. The molecule has 5 heterocycles. The molecule has 4 N–H and O–H groups in total. The first-order valence-electron chi connectivity index (χ1n) is 11.4. The molecular weight excluding hydrogens is 550 g/mol. The van der Waals surface area contributed by atoms with Crippen LogP contribution in [0.5, 0.6) is 11.8 Å². The Morgan fingerprint density at radius 1 is 1.26 bits per heavy atom. The molecule has 14 heteroatoms. The van der Waals surface area contributed by atoms with Gasteiger partial charge in [-0.3, -0.25) is 4.98 Å². The highest BCUT2D eigenvalue weighted by Crippen LogP contribution is 2.50. The van der Waals surface area contributed by atoms with Gasteiger partial charge in [-0.15, -0.1) is 11.3 Å². The Hall–Kier alpha value is -4.54. The van der Waals surface area contributed by atoms with Gasteiger partial charge in [-0.25, -0.2) is 13.8 Å². The second-order valence-electron chi connectivity index (χ2n) is 8.52. The number of pyridine rings is 2. The predicted octanol–water partition coefficient (Wildman–Crippen LogP) is 4.68. The number of fused-ring (bicyclic) bond motifs is 1. The standard InChI is InChI=1S/C25H17ClF2N8O2S/c1-37-25-34-19-15-20(38-6-5-36(24(15)35-25)9-10-3-2-4-32-22(10)30)16(26)14(17(19)28)18-13-11(7-29)23(31)39-21(13)12(27)8-33-18/h2-4,8H,5-6,9,31H2,1H3,(H2,30,32). The number of methoxy groups -OCH3 is 1. The zero-order chi connectivity index (χ0) is 27.4. The molecule has 0 radical (unpaired) electrons. The van der Waals surface area contributed by atoms with Crippen molar-refractivity contribution in [1.82, 2.24) is 19.9 Å². The van der Waals surface area contributed by atoms with E-state index in [4.69, 9.17) is 32.5 Å². The number of hydrogen-bond donors (Lipinski definition) is 2. The van der Waals surface area contributed by atoms with Crippen LogP contribution in [0.4, 0.5) is 25.4 Å². The molecule has 0 saturated heterocycles. The minimum absolute atomic E-state index is 0.0273. The van der Waals surface area contributed by atoms with E-state index in [0.29, 0.717) is 24.7 Å². The van der Waals surface area contributed by atoms with Gasteiger partial charge in [0.1, 0.15) is 34.8 Å². The highest BCUT2D eigenvalue weighted by molar-refractivity contribution is 7.23. The third-order valence-corrected chi connectivity index (χ3v) is 7.75. The summed E-state index contributed by atoms with van der Waals surface area (Å²) in [5, 5.41) is 9.92. The van der Waals surface area contributed by atoms with Crippen LogP contribution < -0.4 is 25.8 Å². The molecule has 6 rings (SSSR count). The largest absolute Gasteiger partial charge is 0.489 e. The maximum Gasteiger partial charge on any atom is 0.318 e. The lowest BCUT2D eigenvalue weighted by Gasteiger charge is -2.23. The first-order chi connectivity index (χ1) is 18.8. The Kier molecular flexibility index (Phi) is 5.93. The summed E-state index contributed by atoms with van der Waals surface area (Å²) < 4.78 is 42.5. The Morgan fingerprint density at radius 2 is 2.08 bits per heavy atom. The van der Waals surface area contributed by atoms with Gasteiger partial charge in [0.05, 0.1) is 51.8 Å². The van der Waals surface area contributed by atoms with Crippen molar-refractivity contribution in [3.05, 3.63) is 52.3 Å². The molecule has 10 nitrogen and oxygen atoms in total. The Bertz CT molecular complexity index is 1860. The number of nitrogens with two attached hydrogens (primary N) is 2. The zero-order valence-electron chi connectivity index (χ0n) is 20.1. The smallest absolute Gasteiger partial charge is 0.318 e. The first-order valence-corrected chi connectivity index (χ1v) is 12.6. The van der Waals surface area contributed by atoms with Gasteiger partial charge in [0.25, 0.3) is 0 Å². The Balaban J connectivity index is 1.66. The average molecular weight is 567 g/mol. The van der Waals surface area contributed by atoms with E-state index in [1.165, 1.54) is 7.11 Å². The van der Waals surface area contributed by atoms with E-state index in [1.54, 1.807) is 12.3 Å². The van der Waals surface area contributed by atoms with Crippen molar-refractivity contribution in [2.24, 2.45) is 0 Å². The Labute approximate surface area is 228 Å². The third kappa shape index (κ3) is 3.79. The minimum atomic E-state index is -0.874. The van der Waals surface area contributed by atoms with E-state index in [-0.39, 0.29) is 66.2 Å². The second-order valence-corrected chi connectivity index (χ2v) is 9.95.